The highest BCUT2D eigenvalue weighted by molar-refractivity contribution is 5.17. The zero-order chi connectivity index (χ0) is 14.3. The van der Waals surface area contributed by atoms with Crippen molar-refractivity contribution in [3.63, 3.8) is 0 Å². The van der Waals surface area contributed by atoms with Gasteiger partial charge in [-0.1, -0.05) is 6.07 Å². The van der Waals surface area contributed by atoms with E-state index in [4.69, 9.17) is 0 Å². The van der Waals surface area contributed by atoms with E-state index in [1.807, 2.05) is 0 Å². The molecule has 0 saturated heterocycles. The second kappa shape index (κ2) is 8.23. The lowest BCUT2D eigenvalue weighted by atomic mass is 10.2. The number of nitrogens with zero attached hydrogens (tertiary/aromatic N) is 1. The first-order valence-corrected chi connectivity index (χ1v) is 6.85. The molecule has 0 amide bonds. The summed E-state index contributed by atoms with van der Waals surface area (Å²) in [6, 6.07) is 4.60. The molecule has 0 aliphatic carbocycles. The van der Waals surface area contributed by atoms with E-state index in [-0.39, 0.29) is 0 Å². The normalized spacial score (nSPS) is 11.5. The minimum absolute atomic E-state index is 0.579. The minimum atomic E-state index is -0.791. The molecule has 0 aliphatic heterocycles. The van der Waals surface area contributed by atoms with Gasteiger partial charge < -0.3 is 10.2 Å². The predicted octanol–water partition coefficient (Wildman–Crippen LogP) is 3.17. The van der Waals surface area contributed by atoms with Crippen LogP contribution in [0.3, 0.4) is 0 Å². The van der Waals surface area contributed by atoms with Gasteiger partial charge in [-0.05, 0) is 64.5 Å². The largest absolute Gasteiger partial charge is 0.313 e. The van der Waals surface area contributed by atoms with Crippen molar-refractivity contribution in [1.29, 1.82) is 0 Å². The van der Waals surface area contributed by atoms with E-state index >= 15 is 0 Å². The van der Waals surface area contributed by atoms with Gasteiger partial charge in [-0.15, -0.1) is 0 Å². The van der Waals surface area contributed by atoms with Gasteiger partial charge in [0.2, 0.25) is 0 Å². The fourth-order valence-corrected chi connectivity index (χ4v) is 1.75. The molecule has 0 aliphatic rings. The van der Waals surface area contributed by atoms with E-state index < -0.39 is 11.6 Å². The van der Waals surface area contributed by atoms with E-state index in [0.717, 1.165) is 31.5 Å². The zero-order valence-electron chi connectivity index (χ0n) is 12.0. The number of nitrogens with one attached hydrogen (secondary N) is 1. The molecular formula is C15H24F2N2. The summed E-state index contributed by atoms with van der Waals surface area (Å²) in [5, 5.41) is 3.24. The molecule has 0 saturated carbocycles. The second-order valence-electron chi connectivity index (χ2n) is 5.21. The Kier molecular flexibility index (Phi) is 6.95. The Morgan fingerprint density at radius 3 is 2.53 bits per heavy atom. The number of hydrogen-bond acceptors (Lipinski definition) is 2. The summed E-state index contributed by atoms with van der Waals surface area (Å²) in [7, 11) is 2.12. The summed E-state index contributed by atoms with van der Waals surface area (Å²) >= 11 is 0. The Balaban J connectivity index is 2.12. The van der Waals surface area contributed by atoms with Crippen LogP contribution in [0.15, 0.2) is 18.2 Å². The van der Waals surface area contributed by atoms with Crippen LogP contribution in [-0.4, -0.2) is 31.1 Å². The molecule has 1 rings (SSSR count). The molecule has 0 atom stereocenters. The van der Waals surface area contributed by atoms with Gasteiger partial charge in [0.25, 0.3) is 0 Å². The highest BCUT2D eigenvalue weighted by atomic mass is 19.2. The van der Waals surface area contributed by atoms with Crippen molar-refractivity contribution in [2.24, 2.45) is 0 Å². The fraction of sp³-hybridized carbons (Fsp3) is 0.600. The van der Waals surface area contributed by atoms with E-state index in [9.17, 15) is 8.78 Å². The van der Waals surface area contributed by atoms with Gasteiger partial charge in [-0.3, -0.25) is 0 Å². The second-order valence-corrected chi connectivity index (χ2v) is 5.21. The van der Waals surface area contributed by atoms with E-state index in [0.29, 0.717) is 12.6 Å². The van der Waals surface area contributed by atoms with Crippen molar-refractivity contribution >= 4 is 0 Å². The molecular weight excluding hydrogens is 246 g/mol. The summed E-state index contributed by atoms with van der Waals surface area (Å²) in [6.45, 7) is 6.93. The number of hydrogen-bond donors (Lipinski definition) is 1. The van der Waals surface area contributed by atoms with Crippen molar-refractivity contribution < 1.29 is 8.78 Å². The Morgan fingerprint density at radius 2 is 1.89 bits per heavy atom. The van der Waals surface area contributed by atoms with Crippen LogP contribution < -0.4 is 5.32 Å². The molecule has 0 bridgehead atoms. The van der Waals surface area contributed by atoms with Gasteiger partial charge >= 0.3 is 0 Å². The molecule has 19 heavy (non-hydrogen) atoms. The summed E-state index contributed by atoms with van der Waals surface area (Å²) in [5.41, 5.74) is 0.776. The predicted molar refractivity (Wildman–Crippen MR) is 75.1 cm³/mol. The van der Waals surface area contributed by atoms with Crippen LogP contribution in [0.5, 0.6) is 0 Å². The van der Waals surface area contributed by atoms with Gasteiger partial charge in [-0.2, -0.15) is 0 Å². The average Bonchev–Trinajstić information content (AvgIpc) is 2.37. The van der Waals surface area contributed by atoms with Crippen LogP contribution >= 0.6 is 0 Å². The highest BCUT2D eigenvalue weighted by Crippen LogP contribution is 2.08. The number of benzene rings is 1. The maximum atomic E-state index is 13.0. The van der Waals surface area contributed by atoms with Crippen molar-refractivity contribution in [2.45, 2.75) is 39.3 Å². The quantitative estimate of drug-likeness (QED) is 0.730. The number of unbranched alkanes of at least 4 members (excludes halogenated alkanes) is 1. The number of halogens is 2. The van der Waals surface area contributed by atoms with Crippen LogP contribution in [0.1, 0.15) is 32.3 Å². The first-order chi connectivity index (χ1) is 9.00. The third-order valence-electron chi connectivity index (χ3n) is 3.31. The highest BCUT2D eigenvalue weighted by Gasteiger charge is 2.03. The van der Waals surface area contributed by atoms with E-state index in [1.54, 1.807) is 6.07 Å². The molecule has 1 N–H and O–H groups in total. The Morgan fingerprint density at radius 1 is 1.16 bits per heavy atom. The van der Waals surface area contributed by atoms with Gasteiger partial charge in [-0.25, -0.2) is 8.78 Å². The maximum Gasteiger partial charge on any atom is 0.159 e. The topological polar surface area (TPSA) is 15.3 Å². The summed E-state index contributed by atoms with van der Waals surface area (Å²) in [4.78, 5) is 2.31. The van der Waals surface area contributed by atoms with Gasteiger partial charge in [0, 0.05) is 12.6 Å². The van der Waals surface area contributed by atoms with Crippen LogP contribution in [0.4, 0.5) is 8.78 Å². The molecule has 4 heteroatoms. The SMILES string of the molecule is CC(C)N(C)CCCCNCc1ccc(F)c(F)c1. The summed E-state index contributed by atoms with van der Waals surface area (Å²) in [5.74, 6) is -1.57. The van der Waals surface area contributed by atoms with E-state index in [1.165, 1.54) is 12.1 Å². The van der Waals surface area contributed by atoms with Gasteiger partial charge in [0.15, 0.2) is 11.6 Å². The van der Waals surface area contributed by atoms with Crippen molar-refractivity contribution in [2.75, 3.05) is 20.1 Å². The zero-order valence-corrected chi connectivity index (χ0v) is 12.0. The number of rotatable bonds is 8. The smallest absolute Gasteiger partial charge is 0.159 e. The van der Waals surface area contributed by atoms with Crippen LogP contribution in [0.2, 0.25) is 0 Å². The molecule has 0 spiro atoms. The van der Waals surface area contributed by atoms with Crippen LogP contribution in [0.25, 0.3) is 0 Å². The molecule has 0 heterocycles. The lowest BCUT2D eigenvalue weighted by Crippen LogP contribution is -2.27. The Hall–Kier alpha value is -1.00. The lowest BCUT2D eigenvalue weighted by molar-refractivity contribution is 0.268. The monoisotopic (exact) mass is 270 g/mol. The van der Waals surface area contributed by atoms with Crippen LogP contribution in [-0.2, 0) is 6.54 Å². The summed E-state index contributed by atoms with van der Waals surface area (Å²) < 4.78 is 25.7. The fourth-order valence-electron chi connectivity index (χ4n) is 1.75. The van der Waals surface area contributed by atoms with E-state index in [2.05, 4.69) is 31.1 Å². The molecule has 0 aromatic heterocycles. The first kappa shape index (κ1) is 16.1. The molecule has 1 aromatic rings. The molecule has 2 nitrogen and oxygen atoms in total. The standard InChI is InChI=1S/C15H24F2N2/c1-12(2)19(3)9-5-4-8-18-11-13-6-7-14(16)15(17)10-13/h6-7,10,12,18H,4-5,8-9,11H2,1-3H3. The molecule has 108 valence electrons. The molecule has 0 radical (unpaired) electrons. The minimum Gasteiger partial charge on any atom is -0.313 e. The lowest BCUT2D eigenvalue weighted by Gasteiger charge is -2.20. The van der Waals surface area contributed by atoms with Crippen molar-refractivity contribution in [3.05, 3.63) is 35.4 Å². The summed E-state index contributed by atoms with van der Waals surface area (Å²) in [6.07, 6.45) is 2.22. The average molecular weight is 270 g/mol. The molecule has 0 fully saturated rings. The third-order valence-corrected chi connectivity index (χ3v) is 3.31. The third kappa shape index (κ3) is 6.12. The molecule has 0 unspecified atom stereocenters. The van der Waals surface area contributed by atoms with Crippen molar-refractivity contribution in [3.8, 4) is 0 Å². The molecule has 1 aromatic carbocycles. The van der Waals surface area contributed by atoms with Crippen LogP contribution in [0, 0.1) is 11.6 Å². The Bertz CT molecular complexity index is 380. The van der Waals surface area contributed by atoms with Crippen molar-refractivity contribution in [1.82, 2.24) is 10.2 Å². The Labute approximate surface area is 114 Å². The van der Waals surface area contributed by atoms with Gasteiger partial charge in [0.1, 0.15) is 0 Å². The first-order valence-electron chi connectivity index (χ1n) is 6.85. The maximum absolute atomic E-state index is 13.0. The van der Waals surface area contributed by atoms with Gasteiger partial charge in [0.05, 0.1) is 0 Å².